The number of ether oxygens (including phenoxy) is 2. The van der Waals surface area contributed by atoms with Gasteiger partial charge in [0.05, 0.1) is 25.4 Å². The Morgan fingerprint density at radius 1 is 1.36 bits per heavy atom. The molecule has 0 saturated carbocycles. The number of nitrogens with zero attached hydrogens (tertiary/aromatic N) is 1. The molecule has 0 radical (unpaired) electrons. The summed E-state index contributed by atoms with van der Waals surface area (Å²) in [5, 5.41) is 9.79. The largest absolute Gasteiger partial charge is 0.496 e. The van der Waals surface area contributed by atoms with E-state index in [4.69, 9.17) is 9.47 Å². The highest BCUT2D eigenvalue weighted by atomic mass is 16.5. The van der Waals surface area contributed by atoms with E-state index < -0.39 is 6.10 Å². The predicted molar refractivity (Wildman–Crippen MR) is 84.7 cm³/mol. The van der Waals surface area contributed by atoms with Crippen molar-refractivity contribution < 1.29 is 19.4 Å². The first-order valence-electron chi connectivity index (χ1n) is 7.70. The van der Waals surface area contributed by atoms with E-state index in [2.05, 4.69) is 4.90 Å². The van der Waals surface area contributed by atoms with E-state index in [-0.39, 0.29) is 0 Å². The van der Waals surface area contributed by atoms with E-state index in [0.29, 0.717) is 30.4 Å². The number of aldehydes is 1. The Morgan fingerprint density at radius 2 is 2.09 bits per heavy atom. The fourth-order valence-electron chi connectivity index (χ4n) is 3.07. The lowest BCUT2D eigenvalue weighted by Crippen LogP contribution is -2.39. The number of hydrogen-bond acceptors (Lipinski definition) is 5. The minimum Gasteiger partial charge on any atom is -0.496 e. The SMILES string of the molecule is COC[C@@H](O)CN1CCC(c2ccc(C=O)c(OC)c2)CC1. The second kappa shape index (κ2) is 8.27. The summed E-state index contributed by atoms with van der Waals surface area (Å²) >= 11 is 0. The Morgan fingerprint density at radius 3 is 2.68 bits per heavy atom. The predicted octanol–water partition coefficient (Wildman–Crippen LogP) is 1.69. The second-order valence-electron chi connectivity index (χ2n) is 5.80. The molecule has 0 aromatic heterocycles. The lowest BCUT2D eigenvalue weighted by atomic mass is 9.88. The van der Waals surface area contributed by atoms with Gasteiger partial charge in [0, 0.05) is 13.7 Å². The van der Waals surface area contributed by atoms with Crippen LogP contribution in [-0.4, -0.2) is 62.9 Å². The molecule has 22 heavy (non-hydrogen) atoms. The number of methoxy groups -OCH3 is 2. The fourth-order valence-corrected chi connectivity index (χ4v) is 3.07. The summed E-state index contributed by atoms with van der Waals surface area (Å²) in [7, 11) is 3.19. The highest BCUT2D eigenvalue weighted by Gasteiger charge is 2.22. The minimum absolute atomic E-state index is 0.379. The van der Waals surface area contributed by atoms with Crippen LogP contribution in [0.25, 0.3) is 0 Å². The summed E-state index contributed by atoms with van der Waals surface area (Å²) in [5.74, 6) is 1.12. The van der Waals surface area contributed by atoms with Gasteiger partial charge in [-0.05, 0) is 49.5 Å². The topological polar surface area (TPSA) is 59.0 Å². The maximum Gasteiger partial charge on any atom is 0.153 e. The van der Waals surface area contributed by atoms with Gasteiger partial charge in [0.15, 0.2) is 6.29 Å². The molecule has 1 aliphatic heterocycles. The minimum atomic E-state index is -0.423. The van der Waals surface area contributed by atoms with Crippen LogP contribution in [0.3, 0.4) is 0 Å². The number of aliphatic hydroxyl groups excluding tert-OH is 1. The molecule has 1 atom stereocenters. The molecule has 122 valence electrons. The van der Waals surface area contributed by atoms with Crippen molar-refractivity contribution in [2.24, 2.45) is 0 Å². The van der Waals surface area contributed by atoms with Crippen LogP contribution in [-0.2, 0) is 4.74 Å². The number of carbonyl (C=O) groups is 1. The number of benzene rings is 1. The van der Waals surface area contributed by atoms with Gasteiger partial charge in [-0.2, -0.15) is 0 Å². The van der Waals surface area contributed by atoms with Gasteiger partial charge < -0.3 is 19.5 Å². The molecule has 1 aromatic carbocycles. The quantitative estimate of drug-likeness (QED) is 0.777. The van der Waals surface area contributed by atoms with Crippen LogP contribution in [0.2, 0.25) is 0 Å². The lowest BCUT2D eigenvalue weighted by molar-refractivity contribution is 0.0320. The first-order valence-corrected chi connectivity index (χ1v) is 7.70. The smallest absolute Gasteiger partial charge is 0.153 e. The summed E-state index contributed by atoms with van der Waals surface area (Å²) < 4.78 is 10.2. The molecule has 1 aliphatic rings. The fraction of sp³-hybridized carbons (Fsp3) is 0.588. The van der Waals surface area contributed by atoms with Crippen LogP contribution in [0.5, 0.6) is 5.75 Å². The van der Waals surface area contributed by atoms with Crippen LogP contribution < -0.4 is 4.74 Å². The van der Waals surface area contributed by atoms with Gasteiger partial charge in [0.2, 0.25) is 0 Å². The highest BCUT2D eigenvalue weighted by Crippen LogP contribution is 2.31. The Bertz CT molecular complexity index is 484. The van der Waals surface area contributed by atoms with Crippen molar-refractivity contribution in [3.05, 3.63) is 29.3 Å². The van der Waals surface area contributed by atoms with Crippen molar-refractivity contribution in [2.75, 3.05) is 40.5 Å². The maximum absolute atomic E-state index is 11.0. The van der Waals surface area contributed by atoms with Gasteiger partial charge in [0.1, 0.15) is 5.75 Å². The van der Waals surface area contributed by atoms with E-state index in [9.17, 15) is 9.90 Å². The van der Waals surface area contributed by atoms with E-state index in [0.717, 1.165) is 32.2 Å². The third kappa shape index (κ3) is 4.29. The Balaban J connectivity index is 1.92. The van der Waals surface area contributed by atoms with Crippen LogP contribution in [0.4, 0.5) is 0 Å². The van der Waals surface area contributed by atoms with Gasteiger partial charge in [-0.15, -0.1) is 0 Å². The standard InChI is InChI=1S/C17H25NO4/c1-21-12-16(20)10-18-7-5-13(6-8-18)14-3-4-15(11-19)17(9-14)22-2/h3-4,9,11,13,16,20H,5-8,10,12H2,1-2H3/t16-/m0/s1. The number of aliphatic hydroxyl groups is 1. The summed E-state index contributed by atoms with van der Waals surface area (Å²) in [4.78, 5) is 13.2. The second-order valence-corrected chi connectivity index (χ2v) is 5.80. The van der Waals surface area contributed by atoms with Crippen molar-refractivity contribution in [3.8, 4) is 5.75 Å². The van der Waals surface area contributed by atoms with Crippen molar-refractivity contribution in [1.29, 1.82) is 0 Å². The van der Waals surface area contributed by atoms with Crippen molar-refractivity contribution in [3.63, 3.8) is 0 Å². The molecule has 2 rings (SSSR count). The number of rotatable bonds is 7. The maximum atomic E-state index is 11.0. The van der Waals surface area contributed by atoms with E-state index in [1.54, 1.807) is 14.2 Å². The first kappa shape index (κ1) is 16.9. The van der Waals surface area contributed by atoms with Crippen molar-refractivity contribution in [1.82, 2.24) is 4.90 Å². The molecule has 1 saturated heterocycles. The Labute approximate surface area is 131 Å². The lowest BCUT2D eigenvalue weighted by Gasteiger charge is -2.33. The molecule has 0 aliphatic carbocycles. The summed E-state index contributed by atoms with van der Waals surface area (Å²) in [6.07, 6.45) is 2.49. The molecule has 1 heterocycles. The number of likely N-dealkylation sites (tertiary alicyclic amines) is 1. The Kier molecular flexibility index (Phi) is 6.36. The van der Waals surface area contributed by atoms with E-state index in [1.807, 2.05) is 18.2 Å². The van der Waals surface area contributed by atoms with Crippen LogP contribution in [0, 0.1) is 0 Å². The molecule has 1 fully saturated rings. The van der Waals surface area contributed by atoms with Crippen LogP contribution >= 0.6 is 0 Å². The molecule has 0 bridgehead atoms. The number of β-amino-alcohol motifs (C(OH)–C–C–N with tert-alkyl or cyclic N) is 1. The van der Waals surface area contributed by atoms with Gasteiger partial charge in [0.25, 0.3) is 0 Å². The van der Waals surface area contributed by atoms with Crippen molar-refractivity contribution in [2.45, 2.75) is 24.9 Å². The normalized spacial score (nSPS) is 18.1. The molecule has 1 N–H and O–H groups in total. The molecule has 5 nitrogen and oxygen atoms in total. The zero-order chi connectivity index (χ0) is 15.9. The summed E-state index contributed by atoms with van der Waals surface area (Å²) in [5.41, 5.74) is 1.81. The molecular formula is C17H25NO4. The molecule has 1 aromatic rings. The zero-order valence-electron chi connectivity index (χ0n) is 13.3. The average molecular weight is 307 g/mol. The van der Waals surface area contributed by atoms with Gasteiger partial charge >= 0.3 is 0 Å². The zero-order valence-corrected chi connectivity index (χ0v) is 13.3. The van der Waals surface area contributed by atoms with Crippen LogP contribution in [0.15, 0.2) is 18.2 Å². The molecule has 0 spiro atoms. The van der Waals surface area contributed by atoms with Gasteiger partial charge in [-0.25, -0.2) is 0 Å². The summed E-state index contributed by atoms with van der Waals surface area (Å²) in [6, 6.07) is 5.83. The average Bonchev–Trinajstić information content (AvgIpc) is 2.55. The van der Waals surface area contributed by atoms with Crippen LogP contribution in [0.1, 0.15) is 34.7 Å². The number of carbonyl (C=O) groups excluding carboxylic acids is 1. The molecule has 0 amide bonds. The molecule has 0 unspecified atom stereocenters. The van der Waals surface area contributed by atoms with E-state index >= 15 is 0 Å². The van der Waals surface area contributed by atoms with Crippen molar-refractivity contribution >= 4 is 6.29 Å². The Hall–Kier alpha value is -1.43. The summed E-state index contributed by atoms with van der Waals surface area (Å²) in [6.45, 7) is 2.96. The number of hydrogen-bond donors (Lipinski definition) is 1. The molecular weight excluding hydrogens is 282 g/mol. The molecule has 5 heteroatoms. The van der Waals surface area contributed by atoms with E-state index in [1.165, 1.54) is 5.56 Å². The number of piperidine rings is 1. The van der Waals surface area contributed by atoms with Gasteiger partial charge in [-0.3, -0.25) is 4.79 Å². The highest BCUT2D eigenvalue weighted by molar-refractivity contribution is 5.79. The monoisotopic (exact) mass is 307 g/mol. The van der Waals surface area contributed by atoms with Gasteiger partial charge in [-0.1, -0.05) is 6.07 Å². The third-order valence-electron chi connectivity index (χ3n) is 4.27. The third-order valence-corrected chi connectivity index (χ3v) is 4.27. The first-order chi connectivity index (χ1) is 10.7.